The zero-order valence-corrected chi connectivity index (χ0v) is 13.0. The highest BCUT2D eigenvalue weighted by Gasteiger charge is 2.53. The fraction of sp³-hybridized carbons (Fsp3) is 0.769. The molecule has 0 aliphatic heterocycles. The van der Waals surface area contributed by atoms with Gasteiger partial charge in [0.25, 0.3) is 0 Å². The van der Waals surface area contributed by atoms with Crippen LogP contribution >= 0.6 is 11.8 Å². The van der Waals surface area contributed by atoms with Gasteiger partial charge in [-0.3, -0.25) is 14.7 Å². The van der Waals surface area contributed by atoms with Crippen LogP contribution in [-0.4, -0.2) is 45.2 Å². The summed E-state index contributed by atoms with van der Waals surface area (Å²) in [4.78, 5) is 23.8. The van der Waals surface area contributed by atoms with E-state index in [1.807, 2.05) is 0 Å². The third-order valence-electron chi connectivity index (χ3n) is 4.13. The zero-order valence-electron chi connectivity index (χ0n) is 12.2. The van der Waals surface area contributed by atoms with Gasteiger partial charge in [-0.1, -0.05) is 11.8 Å². The van der Waals surface area contributed by atoms with Gasteiger partial charge in [0, 0.05) is 18.8 Å². The first kappa shape index (κ1) is 14.6. The summed E-state index contributed by atoms with van der Waals surface area (Å²) in [5, 5.41) is 10.5. The number of hydrogen-bond acceptors (Lipinski definition) is 6. The van der Waals surface area contributed by atoms with Crippen LogP contribution < -0.4 is 11.0 Å². The molecular formula is C13H20N4O3S. The molecule has 2 saturated carbocycles. The summed E-state index contributed by atoms with van der Waals surface area (Å²) in [5.74, 6) is 0.637. The van der Waals surface area contributed by atoms with Gasteiger partial charge < -0.3 is 4.74 Å². The van der Waals surface area contributed by atoms with Crippen LogP contribution in [0.15, 0.2) is 9.95 Å². The average Bonchev–Trinajstić information content (AvgIpc) is 3.37. The Labute approximate surface area is 126 Å². The van der Waals surface area contributed by atoms with E-state index in [-0.39, 0.29) is 11.7 Å². The number of H-pyrrole nitrogens is 1. The van der Waals surface area contributed by atoms with Gasteiger partial charge >= 0.3 is 11.7 Å². The smallest absolute Gasteiger partial charge is 0.343 e. The number of rotatable bonds is 7. The number of nitrogens with zero attached hydrogens (tertiary/aromatic N) is 2. The van der Waals surface area contributed by atoms with Crippen LogP contribution in [0.2, 0.25) is 0 Å². The highest BCUT2D eigenvalue weighted by atomic mass is 32.2. The van der Waals surface area contributed by atoms with Crippen LogP contribution in [0, 0.1) is 5.92 Å². The van der Waals surface area contributed by atoms with Gasteiger partial charge in [0.2, 0.25) is 0 Å². The van der Waals surface area contributed by atoms with Crippen LogP contribution in [-0.2, 0) is 16.6 Å². The van der Waals surface area contributed by atoms with Crippen LogP contribution in [0.4, 0.5) is 0 Å². The Morgan fingerprint density at radius 1 is 1.52 bits per heavy atom. The Kier molecular flexibility index (Phi) is 3.83. The third-order valence-corrected chi connectivity index (χ3v) is 5.35. The van der Waals surface area contributed by atoms with Gasteiger partial charge in [0.1, 0.15) is 5.54 Å². The van der Waals surface area contributed by atoms with E-state index >= 15 is 0 Å². The number of esters is 1. The Morgan fingerprint density at radius 3 is 2.71 bits per heavy atom. The van der Waals surface area contributed by atoms with Gasteiger partial charge in [-0.05, 0) is 31.6 Å². The predicted molar refractivity (Wildman–Crippen MR) is 78.2 cm³/mol. The average molecular weight is 312 g/mol. The second-order valence-electron chi connectivity index (χ2n) is 5.81. The lowest BCUT2D eigenvalue weighted by atomic mass is 9.95. The summed E-state index contributed by atoms with van der Waals surface area (Å²) in [5.41, 5.74) is -0.905. The summed E-state index contributed by atoms with van der Waals surface area (Å²) < 4.78 is 6.51. The monoisotopic (exact) mass is 312 g/mol. The van der Waals surface area contributed by atoms with Crippen LogP contribution in [0.25, 0.3) is 0 Å². The van der Waals surface area contributed by atoms with Crippen molar-refractivity contribution in [3.05, 3.63) is 10.5 Å². The minimum atomic E-state index is -0.657. The molecule has 1 aromatic rings. The molecule has 0 spiro atoms. The maximum atomic E-state index is 12.4. The summed E-state index contributed by atoms with van der Waals surface area (Å²) in [6.07, 6.45) is 4.29. The molecule has 1 atom stereocenters. The lowest BCUT2D eigenvalue weighted by molar-refractivity contribution is -0.148. The van der Waals surface area contributed by atoms with Crippen molar-refractivity contribution < 1.29 is 9.53 Å². The number of methoxy groups -OCH3 is 1. The maximum Gasteiger partial charge on any atom is 0.343 e. The number of hydrogen-bond donors (Lipinski definition) is 2. The Bertz CT molecular complexity index is 590. The molecule has 2 fully saturated rings. The number of carbonyl (C=O) groups excluding carboxylic acids is 1. The van der Waals surface area contributed by atoms with E-state index in [1.165, 1.54) is 23.4 Å². The summed E-state index contributed by atoms with van der Waals surface area (Å²) >= 11 is 1.41. The molecule has 0 radical (unpaired) electrons. The summed E-state index contributed by atoms with van der Waals surface area (Å²) in [7, 11) is 3.10. The molecule has 0 bridgehead atoms. The normalized spacial score (nSPS) is 21.0. The number of carbonyl (C=O) groups is 1. The second kappa shape index (κ2) is 5.49. The molecule has 7 nitrogen and oxygen atoms in total. The van der Waals surface area contributed by atoms with Crippen molar-refractivity contribution in [1.82, 2.24) is 20.1 Å². The largest absolute Gasteiger partial charge is 0.468 e. The van der Waals surface area contributed by atoms with E-state index in [0.717, 1.165) is 25.7 Å². The number of thioether (sulfide) groups is 1. The van der Waals surface area contributed by atoms with E-state index in [4.69, 9.17) is 4.74 Å². The number of aromatic nitrogens is 3. The maximum absolute atomic E-state index is 12.4. The molecular weight excluding hydrogens is 292 g/mol. The van der Waals surface area contributed by atoms with Gasteiger partial charge in [-0.25, -0.2) is 9.89 Å². The van der Waals surface area contributed by atoms with Gasteiger partial charge in [0.05, 0.1) is 7.11 Å². The third kappa shape index (κ3) is 2.87. The van der Waals surface area contributed by atoms with Gasteiger partial charge in [-0.2, -0.15) is 0 Å². The van der Waals surface area contributed by atoms with Crippen LogP contribution in [0.5, 0.6) is 0 Å². The molecule has 1 aromatic heterocycles. The molecule has 2 N–H and O–H groups in total. The van der Waals surface area contributed by atoms with E-state index in [0.29, 0.717) is 22.9 Å². The Morgan fingerprint density at radius 2 is 2.24 bits per heavy atom. The van der Waals surface area contributed by atoms with Crippen LogP contribution in [0.3, 0.4) is 0 Å². The predicted octanol–water partition coefficient (Wildman–Crippen LogP) is 0.274. The van der Waals surface area contributed by atoms with Crippen molar-refractivity contribution in [3.8, 4) is 0 Å². The molecule has 0 aromatic carbocycles. The highest BCUT2D eigenvalue weighted by Crippen LogP contribution is 2.44. The summed E-state index contributed by atoms with van der Waals surface area (Å²) in [6.45, 7) is 0. The number of ether oxygens (including phenoxy) is 1. The van der Waals surface area contributed by atoms with E-state index < -0.39 is 5.54 Å². The molecule has 2 aliphatic rings. The van der Waals surface area contributed by atoms with Crippen molar-refractivity contribution in [1.29, 1.82) is 0 Å². The van der Waals surface area contributed by atoms with Crippen LogP contribution in [0.1, 0.15) is 25.7 Å². The molecule has 8 heteroatoms. The first-order valence-electron chi connectivity index (χ1n) is 7.17. The second-order valence-corrected chi connectivity index (χ2v) is 6.76. The molecule has 1 unspecified atom stereocenters. The van der Waals surface area contributed by atoms with E-state index in [2.05, 4.69) is 15.5 Å². The van der Waals surface area contributed by atoms with Crippen molar-refractivity contribution in [2.75, 3.05) is 12.9 Å². The highest BCUT2D eigenvalue weighted by molar-refractivity contribution is 7.99. The Balaban J connectivity index is 1.79. The first-order valence-corrected chi connectivity index (χ1v) is 8.15. The molecule has 0 amide bonds. The van der Waals surface area contributed by atoms with Gasteiger partial charge in [0.15, 0.2) is 5.16 Å². The molecule has 2 aliphatic carbocycles. The van der Waals surface area contributed by atoms with E-state index in [1.54, 1.807) is 7.05 Å². The molecule has 116 valence electrons. The lowest BCUT2D eigenvalue weighted by Crippen LogP contribution is -2.57. The van der Waals surface area contributed by atoms with Crippen molar-refractivity contribution >= 4 is 17.7 Å². The fourth-order valence-electron chi connectivity index (χ4n) is 2.55. The van der Waals surface area contributed by atoms with Crippen molar-refractivity contribution in [3.63, 3.8) is 0 Å². The molecule has 3 rings (SSSR count). The minimum absolute atomic E-state index is 0.204. The fourth-order valence-corrected chi connectivity index (χ4v) is 3.73. The van der Waals surface area contributed by atoms with E-state index in [9.17, 15) is 9.59 Å². The lowest BCUT2D eigenvalue weighted by Gasteiger charge is -2.32. The van der Waals surface area contributed by atoms with Crippen molar-refractivity contribution in [2.45, 2.75) is 42.4 Å². The topological polar surface area (TPSA) is 89.0 Å². The molecule has 21 heavy (non-hydrogen) atoms. The zero-order chi connectivity index (χ0) is 15.0. The molecule has 1 heterocycles. The van der Waals surface area contributed by atoms with Crippen molar-refractivity contribution in [2.24, 2.45) is 13.0 Å². The number of aromatic amines is 1. The van der Waals surface area contributed by atoms with Gasteiger partial charge in [-0.15, -0.1) is 5.10 Å². The number of nitrogens with one attached hydrogen (secondary N) is 2. The minimum Gasteiger partial charge on any atom is -0.468 e. The molecule has 0 saturated heterocycles. The SMILES string of the molecule is COC(=O)C(CSc1n[nH]c(=O)n1C)(NC1CC1)C1CC1. The standard InChI is InChI=1S/C13H20N4O3S/c1-17-11(19)15-16-12(17)21-7-13(8-3-4-8,10(18)20-2)14-9-5-6-9/h8-9,14H,3-7H2,1-2H3,(H,15,19). The summed E-state index contributed by atoms with van der Waals surface area (Å²) in [6, 6.07) is 0.410. The quantitative estimate of drug-likeness (QED) is 0.555. The first-order chi connectivity index (χ1) is 10.1. The Hall–Kier alpha value is -1.28.